The van der Waals surface area contributed by atoms with Gasteiger partial charge in [0.25, 0.3) is 0 Å². The molecule has 0 atom stereocenters. The van der Waals surface area contributed by atoms with Crippen LogP contribution in [0.3, 0.4) is 0 Å². The molecule has 0 unspecified atom stereocenters. The van der Waals surface area contributed by atoms with Gasteiger partial charge in [0.1, 0.15) is 18.1 Å². The summed E-state index contributed by atoms with van der Waals surface area (Å²) in [5.41, 5.74) is 1.43. The monoisotopic (exact) mass is 552 g/mol. The summed E-state index contributed by atoms with van der Waals surface area (Å²) >= 11 is 4.25. The molecule has 5 nitrogen and oxygen atoms in total. The minimum absolute atomic E-state index is 0.353. The van der Waals surface area contributed by atoms with Gasteiger partial charge in [-0.25, -0.2) is 4.79 Å². The molecule has 7 heteroatoms. The van der Waals surface area contributed by atoms with Crippen LogP contribution in [0.5, 0.6) is 11.5 Å². The number of rotatable bonds is 5. The van der Waals surface area contributed by atoms with Crippen LogP contribution < -0.4 is 9.47 Å². The zero-order valence-corrected chi connectivity index (χ0v) is 17.3. The molecule has 0 spiro atoms. The fourth-order valence-electron chi connectivity index (χ4n) is 1.91. The molecule has 126 valence electrons. The molecule has 0 bridgehead atoms. The zero-order chi connectivity index (χ0) is 17.7. The van der Waals surface area contributed by atoms with E-state index in [-0.39, 0.29) is 11.9 Å². The molecule has 2 rings (SSSR count). The van der Waals surface area contributed by atoms with E-state index < -0.39 is 0 Å². The first-order valence-electron chi connectivity index (χ1n) is 6.88. The third-order valence-corrected chi connectivity index (χ3v) is 4.59. The fraction of sp³-hybridized carbons (Fsp3) is 0.176. The van der Waals surface area contributed by atoms with Crippen LogP contribution in [0.25, 0.3) is 0 Å². The molecule has 0 aliphatic heterocycles. The lowest BCUT2D eigenvalue weighted by molar-refractivity contribution is -0.131. The smallest absolute Gasteiger partial charge is 0.337 e. The van der Waals surface area contributed by atoms with Gasteiger partial charge in [-0.2, -0.15) is 0 Å². The number of benzene rings is 2. The largest absolute Gasteiger partial charge is 0.487 e. The van der Waals surface area contributed by atoms with Crippen molar-refractivity contribution in [3.63, 3.8) is 0 Å². The highest BCUT2D eigenvalue weighted by atomic mass is 127. The van der Waals surface area contributed by atoms with Gasteiger partial charge in [0.05, 0.1) is 19.8 Å². The van der Waals surface area contributed by atoms with Crippen LogP contribution in [0.1, 0.15) is 22.8 Å². The lowest BCUT2D eigenvalue weighted by Crippen LogP contribution is -2.05. The molecule has 0 saturated heterocycles. The third kappa shape index (κ3) is 5.07. The van der Waals surface area contributed by atoms with Crippen molar-refractivity contribution in [1.82, 2.24) is 0 Å². The number of methoxy groups -OCH3 is 1. The van der Waals surface area contributed by atoms with Crippen molar-refractivity contribution in [3.05, 3.63) is 54.7 Å². The molecule has 0 saturated carbocycles. The van der Waals surface area contributed by atoms with E-state index in [1.165, 1.54) is 14.0 Å². The van der Waals surface area contributed by atoms with Gasteiger partial charge in [-0.1, -0.05) is 12.1 Å². The van der Waals surface area contributed by atoms with Crippen molar-refractivity contribution in [3.8, 4) is 11.5 Å². The predicted octanol–water partition coefficient (Wildman–Crippen LogP) is 4.19. The Morgan fingerprint density at radius 2 is 1.62 bits per heavy atom. The average Bonchev–Trinajstić information content (AvgIpc) is 2.54. The van der Waals surface area contributed by atoms with Crippen LogP contribution in [-0.2, 0) is 16.1 Å². The van der Waals surface area contributed by atoms with E-state index in [0.29, 0.717) is 23.7 Å². The molecule has 0 fully saturated rings. The van der Waals surface area contributed by atoms with Gasteiger partial charge in [-0.05, 0) is 75.0 Å². The van der Waals surface area contributed by atoms with E-state index in [2.05, 4.69) is 45.2 Å². The van der Waals surface area contributed by atoms with Crippen molar-refractivity contribution in [1.29, 1.82) is 0 Å². The maximum Gasteiger partial charge on any atom is 0.337 e. The number of carbonyl (C=O) groups excluding carboxylic acids is 2. The van der Waals surface area contributed by atoms with Gasteiger partial charge < -0.3 is 14.2 Å². The van der Waals surface area contributed by atoms with Gasteiger partial charge in [0.2, 0.25) is 0 Å². The summed E-state index contributed by atoms with van der Waals surface area (Å²) in [7, 11) is 1.35. The van der Waals surface area contributed by atoms with Crippen LogP contribution in [0, 0.1) is 7.14 Å². The second kappa shape index (κ2) is 8.65. The SMILES string of the molecule is COC(=O)c1cc(I)c(OCc2ccc(OC(C)=O)cc2)c(I)c1. The highest BCUT2D eigenvalue weighted by molar-refractivity contribution is 14.1. The summed E-state index contributed by atoms with van der Waals surface area (Å²) in [5.74, 6) is 0.484. The molecule has 0 aromatic heterocycles. The van der Waals surface area contributed by atoms with Crippen molar-refractivity contribution in [2.24, 2.45) is 0 Å². The van der Waals surface area contributed by atoms with Crippen molar-refractivity contribution in [2.45, 2.75) is 13.5 Å². The number of halogens is 2. The van der Waals surface area contributed by atoms with Gasteiger partial charge in [0.15, 0.2) is 0 Å². The molecule has 0 aliphatic carbocycles. The van der Waals surface area contributed by atoms with E-state index in [0.717, 1.165) is 12.7 Å². The highest BCUT2D eigenvalue weighted by Crippen LogP contribution is 2.30. The van der Waals surface area contributed by atoms with E-state index in [1.54, 1.807) is 24.3 Å². The first kappa shape index (κ1) is 19.0. The molecule has 0 amide bonds. The van der Waals surface area contributed by atoms with E-state index in [9.17, 15) is 9.59 Å². The lowest BCUT2D eigenvalue weighted by Gasteiger charge is -2.12. The Kier molecular flexibility index (Phi) is 6.84. The Hall–Kier alpha value is -1.36. The van der Waals surface area contributed by atoms with Crippen LogP contribution in [0.2, 0.25) is 0 Å². The van der Waals surface area contributed by atoms with Crippen molar-refractivity contribution < 1.29 is 23.8 Å². The normalized spacial score (nSPS) is 10.2. The molecule has 0 aliphatic rings. The standard InChI is InChI=1S/C17H14I2O5/c1-10(20)24-13-5-3-11(4-6-13)9-23-16-14(18)7-12(8-15(16)19)17(21)22-2/h3-8H,9H2,1-2H3. The first-order chi connectivity index (χ1) is 11.4. The third-order valence-electron chi connectivity index (χ3n) is 2.99. The second-order valence-corrected chi connectivity index (χ2v) is 7.11. The van der Waals surface area contributed by atoms with Gasteiger partial charge in [-0.15, -0.1) is 0 Å². The van der Waals surface area contributed by atoms with E-state index >= 15 is 0 Å². The number of esters is 2. The molecule has 0 heterocycles. The summed E-state index contributed by atoms with van der Waals surface area (Å²) < 4.78 is 17.3. The van der Waals surface area contributed by atoms with Crippen LogP contribution >= 0.6 is 45.2 Å². The highest BCUT2D eigenvalue weighted by Gasteiger charge is 2.14. The van der Waals surface area contributed by atoms with Gasteiger partial charge in [0, 0.05) is 6.92 Å². The average molecular weight is 552 g/mol. The van der Waals surface area contributed by atoms with Gasteiger partial charge >= 0.3 is 11.9 Å². The summed E-state index contributed by atoms with van der Waals surface area (Å²) in [6.07, 6.45) is 0. The summed E-state index contributed by atoms with van der Waals surface area (Å²) in [5, 5.41) is 0. The number of hydrogen-bond acceptors (Lipinski definition) is 5. The molecule has 2 aromatic carbocycles. The van der Waals surface area contributed by atoms with Crippen LogP contribution in [0.15, 0.2) is 36.4 Å². The molecular formula is C17H14I2O5. The first-order valence-corrected chi connectivity index (χ1v) is 9.04. The number of ether oxygens (including phenoxy) is 3. The van der Waals surface area contributed by atoms with E-state index in [4.69, 9.17) is 14.2 Å². The summed E-state index contributed by atoms with van der Waals surface area (Å²) in [6, 6.07) is 10.6. The maximum absolute atomic E-state index is 11.6. The Bertz CT molecular complexity index is 733. The predicted molar refractivity (Wildman–Crippen MR) is 105 cm³/mol. The summed E-state index contributed by atoms with van der Waals surface area (Å²) in [4.78, 5) is 22.5. The van der Waals surface area contributed by atoms with Crippen molar-refractivity contribution >= 4 is 57.1 Å². The molecule has 2 aromatic rings. The number of carbonyl (C=O) groups is 2. The topological polar surface area (TPSA) is 61.8 Å². The second-order valence-electron chi connectivity index (χ2n) is 4.79. The Balaban J connectivity index is 2.09. The molecule has 24 heavy (non-hydrogen) atoms. The minimum Gasteiger partial charge on any atom is -0.487 e. The number of hydrogen-bond donors (Lipinski definition) is 0. The summed E-state index contributed by atoms with van der Waals surface area (Å²) in [6.45, 7) is 1.73. The molecule has 0 N–H and O–H groups in total. The molecule has 0 radical (unpaired) electrons. The van der Waals surface area contributed by atoms with E-state index in [1.807, 2.05) is 12.1 Å². The molecular weight excluding hydrogens is 538 g/mol. The maximum atomic E-state index is 11.6. The quantitative estimate of drug-likeness (QED) is 0.317. The Labute approximate surface area is 167 Å². The minimum atomic E-state index is -0.376. The Morgan fingerprint density at radius 3 is 2.12 bits per heavy atom. The van der Waals surface area contributed by atoms with Crippen LogP contribution in [-0.4, -0.2) is 19.0 Å². The zero-order valence-electron chi connectivity index (χ0n) is 13.0. The van der Waals surface area contributed by atoms with Gasteiger partial charge in [-0.3, -0.25) is 4.79 Å². The lowest BCUT2D eigenvalue weighted by atomic mass is 10.2. The van der Waals surface area contributed by atoms with Crippen molar-refractivity contribution in [2.75, 3.05) is 7.11 Å². The Morgan fingerprint density at radius 1 is 1.04 bits per heavy atom. The fourth-order valence-corrected chi connectivity index (χ4v) is 3.99. The van der Waals surface area contributed by atoms with Crippen LogP contribution in [0.4, 0.5) is 0 Å².